The van der Waals surface area contributed by atoms with Crippen molar-refractivity contribution >= 4 is 35.0 Å². The molecule has 160 valence electrons. The highest BCUT2D eigenvalue weighted by atomic mass is 35.5. The Balaban J connectivity index is 2.02. The molecule has 0 fully saturated rings. The molecule has 5 nitrogen and oxygen atoms in total. The number of ether oxygens (including phenoxy) is 2. The van der Waals surface area contributed by atoms with Crippen LogP contribution in [-0.4, -0.2) is 31.0 Å². The lowest BCUT2D eigenvalue weighted by atomic mass is 10.1. The van der Waals surface area contributed by atoms with Crippen molar-refractivity contribution in [1.82, 2.24) is 0 Å². The molecular formula is C22H16ClF3N2O3. The number of rotatable bonds is 6. The third-order valence-corrected chi connectivity index (χ3v) is 4.36. The monoisotopic (exact) mass is 448 g/mol. The molecule has 3 rings (SSSR count). The summed E-state index contributed by atoms with van der Waals surface area (Å²) in [5.41, 5.74) is -1.43. The van der Waals surface area contributed by atoms with Gasteiger partial charge in [-0.2, -0.15) is 23.3 Å². The molecule has 1 aliphatic heterocycles. The predicted octanol–water partition coefficient (Wildman–Crippen LogP) is 5.10. The van der Waals surface area contributed by atoms with Gasteiger partial charge in [0, 0.05) is 5.02 Å². The van der Waals surface area contributed by atoms with Crippen LogP contribution in [0, 0.1) is 12.3 Å². The van der Waals surface area contributed by atoms with Crippen molar-refractivity contribution in [1.29, 1.82) is 0 Å². The standard InChI is InChI=1S/C22H16ClF3N2O3/c1-3-11-31-18-10-5-14(13-19(18)30-4-2)12-17-20(22(24,25)26)27-28(21(17)29)16-8-6-15(23)7-9-16/h1,5-10,12-13H,4,11H2,2H3/b17-12-. The summed E-state index contributed by atoms with van der Waals surface area (Å²) in [4.78, 5) is 12.8. The quantitative estimate of drug-likeness (QED) is 0.456. The minimum Gasteiger partial charge on any atom is -0.490 e. The fourth-order valence-electron chi connectivity index (χ4n) is 2.80. The lowest BCUT2D eigenvalue weighted by Crippen LogP contribution is -2.25. The van der Waals surface area contributed by atoms with Gasteiger partial charge in [-0.3, -0.25) is 4.79 Å². The van der Waals surface area contributed by atoms with E-state index in [4.69, 9.17) is 27.5 Å². The summed E-state index contributed by atoms with van der Waals surface area (Å²) in [6, 6.07) is 10.2. The maximum absolute atomic E-state index is 13.6. The molecular weight excluding hydrogens is 433 g/mol. The smallest absolute Gasteiger partial charge is 0.435 e. The van der Waals surface area contributed by atoms with E-state index in [0.29, 0.717) is 28.0 Å². The van der Waals surface area contributed by atoms with E-state index in [-0.39, 0.29) is 18.0 Å². The number of halogens is 4. The van der Waals surface area contributed by atoms with Crippen LogP contribution in [0.1, 0.15) is 12.5 Å². The van der Waals surface area contributed by atoms with Gasteiger partial charge in [0.2, 0.25) is 0 Å². The van der Waals surface area contributed by atoms with Crippen LogP contribution < -0.4 is 14.5 Å². The molecule has 0 unspecified atom stereocenters. The van der Waals surface area contributed by atoms with Crippen LogP contribution >= 0.6 is 11.6 Å². The number of benzene rings is 2. The molecule has 0 bridgehead atoms. The van der Waals surface area contributed by atoms with Crippen LogP contribution in [0.2, 0.25) is 5.02 Å². The number of carbonyl (C=O) groups excluding carboxylic acids is 1. The fourth-order valence-corrected chi connectivity index (χ4v) is 2.93. The van der Waals surface area contributed by atoms with Crippen LogP contribution in [0.3, 0.4) is 0 Å². The third kappa shape index (κ3) is 5.01. The van der Waals surface area contributed by atoms with Gasteiger partial charge in [0.05, 0.1) is 17.9 Å². The van der Waals surface area contributed by atoms with Crippen LogP contribution in [0.5, 0.6) is 11.5 Å². The molecule has 0 aromatic heterocycles. The summed E-state index contributed by atoms with van der Waals surface area (Å²) >= 11 is 5.81. The summed E-state index contributed by atoms with van der Waals surface area (Å²) in [6.07, 6.45) is 1.46. The number of terminal acetylenes is 1. The molecule has 0 saturated heterocycles. The van der Waals surface area contributed by atoms with Crippen molar-refractivity contribution in [3.8, 4) is 23.8 Å². The number of anilines is 1. The summed E-state index contributed by atoms with van der Waals surface area (Å²) in [5.74, 6) is 2.04. The summed E-state index contributed by atoms with van der Waals surface area (Å²) in [6.45, 7) is 2.04. The maximum Gasteiger partial charge on any atom is 0.435 e. The van der Waals surface area contributed by atoms with Crippen molar-refractivity contribution in [2.24, 2.45) is 5.10 Å². The molecule has 0 N–H and O–H groups in total. The molecule has 0 aliphatic carbocycles. The van der Waals surface area contributed by atoms with E-state index in [9.17, 15) is 18.0 Å². The average molecular weight is 449 g/mol. The first-order valence-electron chi connectivity index (χ1n) is 9.05. The molecule has 1 amide bonds. The zero-order valence-electron chi connectivity index (χ0n) is 16.2. The molecule has 1 aliphatic rings. The Morgan fingerprint density at radius 3 is 2.48 bits per heavy atom. The normalized spacial score (nSPS) is 15.1. The molecule has 9 heteroatoms. The Bertz CT molecular complexity index is 1090. The topological polar surface area (TPSA) is 51.1 Å². The van der Waals surface area contributed by atoms with Gasteiger partial charge in [-0.05, 0) is 55.0 Å². The van der Waals surface area contributed by atoms with E-state index in [2.05, 4.69) is 11.0 Å². The predicted molar refractivity (Wildman–Crippen MR) is 112 cm³/mol. The van der Waals surface area contributed by atoms with E-state index < -0.39 is 23.4 Å². The Kier molecular flexibility index (Phi) is 6.56. The second-order valence-corrected chi connectivity index (χ2v) is 6.67. The molecule has 0 atom stereocenters. The second kappa shape index (κ2) is 9.14. The van der Waals surface area contributed by atoms with Gasteiger partial charge in [-0.15, -0.1) is 6.42 Å². The van der Waals surface area contributed by atoms with Gasteiger partial charge in [0.1, 0.15) is 6.61 Å². The number of hydrazone groups is 1. The number of hydrogen-bond acceptors (Lipinski definition) is 4. The zero-order valence-corrected chi connectivity index (χ0v) is 17.0. The van der Waals surface area contributed by atoms with Gasteiger partial charge in [0.25, 0.3) is 5.91 Å². The van der Waals surface area contributed by atoms with Gasteiger partial charge in [-0.1, -0.05) is 23.6 Å². The highest BCUT2D eigenvalue weighted by molar-refractivity contribution is 6.34. The minimum absolute atomic E-state index is 0.0000715. The highest BCUT2D eigenvalue weighted by Crippen LogP contribution is 2.34. The van der Waals surface area contributed by atoms with E-state index in [1.54, 1.807) is 6.92 Å². The first kappa shape index (κ1) is 22.2. The Labute approximate surface area is 181 Å². The second-order valence-electron chi connectivity index (χ2n) is 6.23. The Morgan fingerprint density at radius 1 is 1.16 bits per heavy atom. The Hall–Kier alpha value is -3.44. The van der Waals surface area contributed by atoms with Crippen LogP contribution in [0.15, 0.2) is 53.1 Å². The number of hydrogen-bond donors (Lipinski definition) is 0. The molecule has 1 heterocycles. The zero-order chi connectivity index (χ0) is 22.6. The number of nitrogens with zero attached hydrogens (tertiary/aromatic N) is 2. The summed E-state index contributed by atoms with van der Waals surface area (Å²) in [5, 5.41) is 4.59. The molecule has 0 spiro atoms. The fraction of sp³-hybridized carbons (Fsp3) is 0.182. The average Bonchev–Trinajstić information content (AvgIpc) is 3.05. The first-order chi connectivity index (χ1) is 14.7. The van der Waals surface area contributed by atoms with Crippen molar-refractivity contribution < 1.29 is 27.4 Å². The number of alkyl halides is 3. The van der Waals surface area contributed by atoms with Crippen LogP contribution in [0.25, 0.3) is 6.08 Å². The Morgan fingerprint density at radius 2 is 1.87 bits per heavy atom. The van der Waals surface area contributed by atoms with Gasteiger partial charge in [0.15, 0.2) is 17.2 Å². The van der Waals surface area contributed by atoms with Gasteiger partial charge >= 0.3 is 6.18 Å². The third-order valence-electron chi connectivity index (χ3n) is 4.11. The maximum atomic E-state index is 13.6. The molecule has 31 heavy (non-hydrogen) atoms. The van der Waals surface area contributed by atoms with Gasteiger partial charge < -0.3 is 9.47 Å². The van der Waals surface area contributed by atoms with Crippen molar-refractivity contribution in [3.05, 3.63) is 58.6 Å². The highest BCUT2D eigenvalue weighted by Gasteiger charge is 2.46. The SMILES string of the molecule is C#CCOc1ccc(/C=C2\C(=O)N(c3ccc(Cl)cc3)N=C2C(F)(F)F)cc1OCC. The van der Waals surface area contributed by atoms with Gasteiger partial charge in [-0.25, -0.2) is 0 Å². The van der Waals surface area contributed by atoms with E-state index in [1.807, 2.05) is 0 Å². The van der Waals surface area contributed by atoms with E-state index in [1.165, 1.54) is 42.5 Å². The molecule has 0 saturated carbocycles. The summed E-state index contributed by atoms with van der Waals surface area (Å²) < 4.78 is 51.7. The number of amides is 1. The van der Waals surface area contributed by atoms with E-state index in [0.717, 1.165) is 6.08 Å². The summed E-state index contributed by atoms with van der Waals surface area (Å²) in [7, 11) is 0. The molecule has 0 radical (unpaired) electrons. The number of carbonyl (C=O) groups is 1. The first-order valence-corrected chi connectivity index (χ1v) is 9.43. The van der Waals surface area contributed by atoms with Crippen LogP contribution in [-0.2, 0) is 4.79 Å². The largest absolute Gasteiger partial charge is 0.490 e. The lowest BCUT2D eigenvalue weighted by Gasteiger charge is -2.12. The molecule has 2 aromatic carbocycles. The van der Waals surface area contributed by atoms with Crippen molar-refractivity contribution in [2.75, 3.05) is 18.2 Å². The molecule has 2 aromatic rings. The van der Waals surface area contributed by atoms with Crippen molar-refractivity contribution in [2.45, 2.75) is 13.1 Å². The minimum atomic E-state index is -4.83. The van der Waals surface area contributed by atoms with Crippen LogP contribution in [0.4, 0.5) is 18.9 Å². The lowest BCUT2D eigenvalue weighted by molar-refractivity contribution is -0.114. The van der Waals surface area contributed by atoms with Crippen molar-refractivity contribution in [3.63, 3.8) is 0 Å². The van der Waals surface area contributed by atoms with E-state index >= 15 is 0 Å².